The molecule has 3 heterocycles. The van der Waals surface area contributed by atoms with Crippen LogP contribution in [-0.4, -0.2) is 63.9 Å². The minimum Gasteiger partial charge on any atom is -0.390 e. The van der Waals surface area contributed by atoms with Gasteiger partial charge in [0, 0.05) is 45.0 Å². The number of β-amino-alcohol motifs (C(OH)–C–C–N with tert-alkyl or cyclic N) is 1. The van der Waals surface area contributed by atoms with Crippen molar-refractivity contribution >= 4 is 5.91 Å². The first-order valence-electron chi connectivity index (χ1n) is 10.5. The van der Waals surface area contributed by atoms with Crippen molar-refractivity contribution in [3.63, 3.8) is 0 Å². The molecule has 8 heteroatoms. The van der Waals surface area contributed by atoms with E-state index in [1.807, 2.05) is 6.07 Å². The zero-order chi connectivity index (χ0) is 20.9. The second-order valence-electron chi connectivity index (χ2n) is 8.03. The molecule has 4 rings (SSSR count). The van der Waals surface area contributed by atoms with Gasteiger partial charge in [0.05, 0.1) is 19.0 Å². The summed E-state index contributed by atoms with van der Waals surface area (Å²) in [7, 11) is 0. The van der Waals surface area contributed by atoms with Gasteiger partial charge in [-0.2, -0.15) is 0 Å². The van der Waals surface area contributed by atoms with Gasteiger partial charge in [-0.1, -0.05) is 24.3 Å². The minimum atomic E-state index is -0.698. The molecular formula is C22H28N4O4. The third kappa shape index (κ3) is 5.13. The second kappa shape index (κ2) is 9.51. The monoisotopic (exact) mass is 412 g/mol. The van der Waals surface area contributed by atoms with Gasteiger partial charge in [0.25, 0.3) is 11.5 Å². The predicted octanol–water partition coefficient (Wildman–Crippen LogP) is 0.571. The number of aromatic nitrogens is 2. The van der Waals surface area contributed by atoms with Gasteiger partial charge < -0.3 is 15.2 Å². The minimum absolute atomic E-state index is 0.0481. The van der Waals surface area contributed by atoms with Gasteiger partial charge in [0.1, 0.15) is 5.69 Å². The Bertz CT molecular complexity index is 939. The summed E-state index contributed by atoms with van der Waals surface area (Å²) in [4.78, 5) is 31.1. The Morgan fingerprint density at radius 1 is 1.23 bits per heavy atom. The fourth-order valence-corrected chi connectivity index (χ4v) is 4.08. The van der Waals surface area contributed by atoms with Crippen molar-refractivity contribution in [3.05, 3.63) is 63.8 Å². The first-order chi connectivity index (χ1) is 14.6. The molecule has 2 N–H and O–H groups in total. The molecule has 160 valence electrons. The molecule has 2 aromatic rings. The van der Waals surface area contributed by atoms with E-state index < -0.39 is 6.10 Å². The van der Waals surface area contributed by atoms with Crippen molar-refractivity contribution in [2.75, 3.05) is 26.3 Å². The maximum Gasteiger partial charge on any atom is 0.270 e. The number of amides is 1. The summed E-state index contributed by atoms with van der Waals surface area (Å²) < 4.78 is 6.64. The van der Waals surface area contributed by atoms with Crippen molar-refractivity contribution in [2.45, 2.75) is 44.5 Å². The van der Waals surface area contributed by atoms with Crippen molar-refractivity contribution in [1.82, 2.24) is 19.8 Å². The average Bonchev–Trinajstić information content (AvgIpc) is 2.75. The van der Waals surface area contributed by atoms with Crippen molar-refractivity contribution in [1.29, 1.82) is 0 Å². The Morgan fingerprint density at radius 3 is 2.77 bits per heavy atom. The highest BCUT2D eigenvalue weighted by atomic mass is 16.5. The van der Waals surface area contributed by atoms with Crippen LogP contribution in [0.4, 0.5) is 0 Å². The van der Waals surface area contributed by atoms with E-state index >= 15 is 0 Å². The van der Waals surface area contributed by atoms with Gasteiger partial charge in [-0.15, -0.1) is 0 Å². The number of aliphatic hydroxyl groups excluding tert-OH is 1. The molecule has 0 radical (unpaired) electrons. The summed E-state index contributed by atoms with van der Waals surface area (Å²) in [5.74, 6) is -0.348. The average molecular weight is 412 g/mol. The molecule has 2 aliphatic heterocycles. The number of carbonyl (C=O) groups is 1. The molecule has 1 atom stereocenters. The first kappa shape index (κ1) is 20.7. The number of hydrogen-bond donors (Lipinski definition) is 2. The fraction of sp³-hybridized carbons (Fsp3) is 0.500. The molecule has 8 nitrogen and oxygen atoms in total. The van der Waals surface area contributed by atoms with Crippen molar-refractivity contribution < 1.29 is 14.6 Å². The zero-order valence-electron chi connectivity index (χ0n) is 17.0. The standard InChI is InChI=1S/C22H28N4O4/c27-19(13-25-8-5-16-3-1-2-4-17(16)12-25)14-26-15-23-20(11-21(26)28)22(29)24-18-6-9-30-10-7-18/h1-4,11,15,18-19,27H,5-10,12-14H2,(H,24,29). The number of aliphatic hydroxyl groups is 1. The summed E-state index contributed by atoms with van der Waals surface area (Å²) in [6.07, 6.45) is 3.13. The Labute approximate surface area is 175 Å². The van der Waals surface area contributed by atoms with Crippen LogP contribution in [0.5, 0.6) is 0 Å². The van der Waals surface area contributed by atoms with Crippen LogP contribution in [0.1, 0.15) is 34.5 Å². The number of nitrogens with zero attached hydrogens (tertiary/aromatic N) is 3. The first-order valence-corrected chi connectivity index (χ1v) is 10.5. The molecule has 1 fully saturated rings. The Morgan fingerprint density at radius 2 is 2.00 bits per heavy atom. The summed E-state index contributed by atoms with van der Waals surface area (Å²) in [5.41, 5.74) is 2.41. The van der Waals surface area contributed by atoms with E-state index in [-0.39, 0.29) is 29.7 Å². The highest BCUT2D eigenvalue weighted by Gasteiger charge is 2.20. The van der Waals surface area contributed by atoms with E-state index in [4.69, 9.17) is 4.74 Å². The maximum absolute atomic E-state index is 12.4. The molecule has 1 unspecified atom stereocenters. The van der Waals surface area contributed by atoms with Gasteiger partial charge in [-0.3, -0.25) is 19.1 Å². The number of hydrogen-bond acceptors (Lipinski definition) is 6. The van der Waals surface area contributed by atoms with Crippen molar-refractivity contribution in [3.8, 4) is 0 Å². The molecule has 1 aromatic carbocycles. The van der Waals surface area contributed by atoms with Crippen LogP contribution in [0.2, 0.25) is 0 Å². The Hall–Kier alpha value is -2.55. The van der Waals surface area contributed by atoms with E-state index in [2.05, 4.69) is 33.4 Å². The summed E-state index contributed by atoms with van der Waals surface area (Å²) in [6.45, 7) is 3.55. The summed E-state index contributed by atoms with van der Waals surface area (Å²) >= 11 is 0. The number of ether oxygens (including phenoxy) is 1. The van der Waals surface area contributed by atoms with Gasteiger partial charge in [0.2, 0.25) is 0 Å². The topological polar surface area (TPSA) is 96.7 Å². The lowest BCUT2D eigenvalue weighted by Crippen LogP contribution is -2.41. The highest BCUT2D eigenvalue weighted by Crippen LogP contribution is 2.18. The van der Waals surface area contributed by atoms with Crippen LogP contribution in [-0.2, 0) is 24.2 Å². The van der Waals surface area contributed by atoms with E-state index in [0.717, 1.165) is 32.4 Å². The van der Waals surface area contributed by atoms with E-state index in [1.165, 1.54) is 28.1 Å². The van der Waals surface area contributed by atoms with E-state index in [0.29, 0.717) is 19.8 Å². The Balaban J connectivity index is 1.32. The highest BCUT2D eigenvalue weighted by molar-refractivity contribution is 5.92. The van der Waals surface area contributed by atoms with Gasteiger partial charge >= 0.3 is 0 Å². The number of carbonyl (C=O) groups excluding carboxylic acids is 1. The van der Waals surface area contributed by atoms with Crippen LogP contribution in [0.15, 0.2) is 41.5 Å². The van der Waals surface area contributed by atoms with Crippen LogP contribution in [0.3, 0.4) is 0 Å². The molecule has 1 aromatic heterocycles. The zero-order valence-corrected chi connectivity index (χ0v) is 17.0. The van der Waals surface area contributed by atoms with Crippen LogP contribution < -0.4 is 10.9 Å². The summed E-state index contributed by atoms with van der Waals surface area (Å²) in [6, 6.07) is 9.63. The molecule has 0 aliphatic carbocycles. The quantitative estimate of drug-likeness (QED) is 0.720. The molecule has 0 saturated carbocycles. The van der Waals surface area contributed by atoms with Crippen molar-refractivity contribution in [2.24, 2.45) is 0 Å². The number of nitrogens with one attached hydrogen (secondary N) is 1. The largest absolute Gasteiger partial charge is 0.390 e. The smallest absolute Gasteiger partial charge is 0.270 e. The maximum atomic E-state index is 12.4. The summed E-state index contributed by atoms with van der Waals surface area (Å²) in [5, 5.41) is 13.4. The molecule has 1 saturated heterocycles. The lowest BCUT2D eigenvalue weighted by molar-refractivity contribution is 0.0694. The third-order valence-corrected chi connectivity index (χ3v) is 5.75. The number of fused-ring (bicyclic) bond motifs is 1. The van der Waals surface area contributed by atoms with Gasteiger partial charge in [0.15, 0.2) is 0 Å². The molecule has 30 heavy (non-hydrogen) atoms. The molecule has 0 bridgehead atoms. The van der Waals surface area contributed by atoms with Gasteiger partial charge in [-0.25, -0.2) is 4.98 Å². The van der Waals surface area contributed by atoms with E-state index in [1.54, 1.807) is 0 Å². The third-order valence-electron chi connectivity index (χ3n) is 5.75. The predicted molar refractivity (Wildman–Crippen MR) is 111 cm³/mol. The van der Waals surface area contributed by atoms with Crippen LogP contribution in [0, 0.1) is 0 Å². The lowest BCUT2D eigenvalue weighted by Gasteiger charge is -2.30. The Kier molecular flexibility index (Phi) is 6.56. The lowest BCUT2D eigenvalue weighted by atomic mass is 10.00. The second-order valence-corrected chi connectivity index (χ2v) is 8.03. The normalized spacial score (nSPS) is 18.6. The molecule has 1 amide bonds. The molecule has 0 spiro atoms. The fourth-order valence-electron chi connectivity index (χ4n) is 4.08. The number of benzene rings is 1. The van der Waals surface area contributed by atoms with E-state index in [9.17, 15) is 14.7 Å². The molecular weight excluding hydrogens is 384 g/mol. The van der Waals surface area contributed by atoms with Crippen LogP contribution in [0.25, 0.3) is 0 Å². The molecule has 2 aliphatic rings. The van der Waals surface area contributed by atoms with Crippen LogP contribution >= 0.6 is 0 Å². The SMILES string of the molecule is O=C(NC1CCOCC1)c1cc(=O)n(CC(O)CN2CCc3ccccc3C2)cn1. The van der Waals surface area contributed by atoms with Gasteiger partial charge in [-0.05, 0) is 30.4 Å². The number of rotatable bonds is 6.